The molecule has 0 spiro atoms. The molecule has 124 valence electrons. The minimum Gasteiger partial charge on any atom is -0.455 e. The lowest BCUT2D eigenvalue weighted by molar-refractivity contribution is 0.473. The second kappa shape index (κ2) is 7.13. The van der Waals surface area contributed by atoms with Crippen LogP contribution >= 0.6 is 22.7 Å². The van der Waals surface area contributed by atoms with Crippen molar-refractivity contribution in [2.24, 2.45) is 0 Å². The lowest BCUT2D eigenvalue weighted by atomic mass is 10.2. The van der Waals surface area contributed by atoms with Gasteiger partial charge in [-0.2, -0.15) is 0 Å². The van der Waals surface area contributed by atoms with E-state index in [1.54, 1.807) is 22.7 Å². The van der Waals surface area contributed by atoms with Gasteiger partial charge in [0.15, 0.2) is 10.8 Å². The highest BCUT2D eigenvalue weighted by Gasteiger charge is 2.19. The molecule has 4 rings (SSSR count). The van der Waals surface area contributed by atoms with Gasteiger partial charge in [-0.25, -0.2) is 0 Å². The number of benzene rings is 2. The van der Waals surface area contributed by atoms with Gasteiger partial charge in [0.25, 0.3) is 0 Å². The molecule has 0 saturated heterocycles. The number of para-hydroxylation sites is 2. The lowest BCUT2D eigenvalue weighted by Gasteiger charge is -2.10. The standard InChI is InChI=1S/C21H16O2S2/c1-15-8-5-6-11-17(15)23-18-14-25-21(20(18)19-12-7-13-24-19)22-16-9-3-2-4-10-16/h2-14H,1H3. The Balaban J connectivity index is 1.74. The molecule has 0 aliphatic heterocycles. The average Bonchev–Trinajstić information content (AvgIpc) is 3.28. The van der Waals surface area contributed by atoms with E-state index in [1.807, 2.05) is 73.0 Å². The molecular formula is C21H16O2S2. The first kappa shape index (κ1) is 15.9. The van der Waals surface area contributed by atoms with Crippen LogP contribution in [0.2, 0.25) is 0 Å². The molecule has 2 heterocycles. The van der Waals surface area contributed by atoms with E-state index >= 15 is 0 Å². The monoisotopic (exact) mass is 364 g/mol. The molecule has 0 N–H and O–H groups in total. The Morgan fingerprint density at radius 2 is 1.52 bits per heavy atom. The van der Waals surface area contributed by atoms with Gasteiger partial charge in [0.05, 0.1) is 5.56 Å². The van der Waals surface area contributed by atoms with E-state index in [0.717, 1.165) is 38.3 Å². The van der Waals surface area contributed by atoms with E-state index in [4.69, 9.17) is 9.47 Å². The molecule has 2 aromatic carbocycles. The van der Waals surface area contributed by atoms with Gasteiger partial charge in [-0.05, 0) is 42.1 Å². The summed E-state index contributed by atoms with van der Waals surface area (Å²) in [4.78, 5) is 1.13. The summed E-state index contributed by atoms with van der Waals surface area (Å²) in [6.07, 6.45) is 0. The molecule has 0 fully saturated rings. The summed E-state index contributed by atoms with van der Waals surface area (Å²) in [7, 11) is 0. The molecule has 0 saturated carbocycles. The van der Waals surface area contributed by atoms with Crippen LogP contribution in [0.1, 0.15) is 5.56 Å². The van der Waals surface area contributed by atoms with Crippen LogP contribution in [0, 0.1) is 6.92 Å². The van der Waals surface area contributed by atoms with Gasteiger partial charge >= 0.3 is 0 Å². The molecule has 4 aromatic rings. The normalized spacial score (nSPS) is 10.6. The van der Waals surface area contributed by atoms with E-state index in [1.165, 1.54) is 0 Å². The van der Waals surface area contributed by atoms with Crippen molar-refractivity contribution in [2.75, 3.05) is 0 Å². The third kappa shape index (κ3) is 3.45. The van der Waals surface area contributed by atoms with Crippen molar-refractivity contribution >= 4 is 22.7 Å². The maximum atomic E-state index is 6.22. The number of hydrogen-bond donors (Lipinski definition) is 0. The minimum absolute atomic E-state index is 0.824. The molecule has 0 aliphatic carbocycles. The van der Waals surface area contributed by atoms with Gasteiger partial charge in [-0.1, -0.05) is 42.5 Å². The van der Waals surface area contributed by atoms with Crippen LogP contribution in [0.25, 0.3) is 10.4 Å². The molecule has 2 nitrogen and oxygen atoms in total. The van der Waals surface area contributed by atoms with E-state index in [-0.39, 0.29) is 0 Å². The first-order valence-corrected chi connectivity index (χ1v) is 9.69. The van der Waals surface area contributed by atoms with E-state index < -0.39 is 0 Å². The van der Waals surface area contributed by atoms with Crippen LogP contribution in [0.3, 0.4) is 0 Å². The van der Waals surface area contributed by atoms with Crippen molar-refractivity contribution in [3.63, 3.8) is 0 Å². The summed E-state index contributed by atoms with van der Waals surface area (Å²) in [5.74, 6) is 2.52. The van der Waals surface area contributed by atoms with Gasteiger partial charge in [-0.15, -0.1) is 22.7 Å². The summed E-state index contributed by atoms with van der Waals surface area (Å²) in [5.41, 5.74) is 2.11. The molecule has 0 atom stereocenters. The van der Waals surface area contributed by atoms with Crippen LogP contribution in [-0.2, 0) is 0 Å². The van der Waals surface area contributed by atoms with Crippen molar-refractivity contribution in [1.29, 1.82) is 0 Å². The van der Waals surface area contributed by atoms with Crippen LogP contribution in [-0.4, -0.2) is 0 Å². The first-order valence-electron chi connectivity index (χ1n) is 7.93. The number of ether oxygens (including phenoxy) is 2. The summed E-state index contributed by atoms with van der Waals surface area (Å²) in [5, 5.41) is 4.92. The predicted octanol–water partition coefficient (Wildman–Crippen LogP) is 7.37. The zero-order valence-corrected chi connectivity index (χ0v) is 15.3. The molecule has 0 bridgehead atoms. The van der Waals surface area contributed by atoms with E-state index in [0.29, 0.717) is 0 Å². The SMILES string of the molecule is Cc1ccccc1Oc1csc(Oc2ccccc2)c1-c1cccs1. The largest absolute Gasteiger partial charge is 0.455 e. The van der Waals surface area contributed by atoms with Crippen molar-refractivity contribution in [3.8, 4) is 32.8 Å². The van der Waals surface area contributed by atoms with Crippen molar-refractivity contribution in [2.45, 2.75) is 6.92 Å². The van der Waals surface area contributed by atoms with Crippen molar-refractivity contribution in [1.82, 2.24) is 0 Å². The number of aryl methyl sites for hydroxylation is 1. The molecular weight excluding hydrogens is 348 g/mol. The van der Waals surface area contributed by atoms with Gasteiger partial charge in [-0.3, -0.25) is 0 Å². The van der Waals surface area contributed by atoms with Crippen LogP contribution in [0.5, 0.6) is 22.3 Å². The minimum atomic E-state index is 0.824. The molecule has 4 heteroatoms. The van der Waals surface area contributed by atoms with Gasteiger partial charge < -0.3 is 9.47 Å². The Morgan fingerprint density at radius 1 is 0.720 bits per heavy atom. The van der Waals surface area contributed by atoms with E-state index in [2.05, 4.69) is 11.4 Å². The third-order valence-electron chi connectivity index (χ3n) is 3.76. The van der Waals surface area contributed by atoms with Crippen molar-refractivity contribution in [3.05, 3.63) is 83.1 Å². The van der Waals surface area contributed by atoms with Gasteiger partial charge in [0.1, 0.15) is 11.5 Å². The average molecular weight is 364 g/mol. The first-order chi connectivity index (χ1) is 12.3. The molecule has 0 amide bonds. The molecule has 0 unspecified atom stereocenters. The maximum Gasteiger partial charge on any atom is 0.193 e. The van der Waals surface area contributed by atoms with Crippen molar-refractivity contribution < 1.29 is 9.47 Å². The molecule has 25 heavy (non-hydrogen) atoms. The number of rotatable bonds is 5. The van der Waals surface area contributed by atoms with Crippen LogP contribution in [0.15, 0.2) is 77.5 Å². The highest BCUT2D eigenvalue weighted by Crippen LogP contribution is 2.48. The Labute approximate surface area is 154 Å². The highest BCUT2D eigenvalue weighted by atomic mass is 32.1. The summed E-state index contributed by atoms with van der Waals surface area (Å²) in [6.45, 7) is 2.05. The number of hydrogen-bond acceptors (Lipinski definition) is 4. The highest BCUT2D eigenvalue weighted by molar-refractivity contribution is 7.16. The fraction of sp³-hybridized carbons (Fsp3) is 0.0476. The predicted molar refractivity (Wildman–Crippen MR) is 105 cm³/mol. The summed E-state index contributed by atoms with van der Waals surface area (Å²) >= 11 is 3.23. The fourth-order valence-electron chi connectivity index (χ4n) is 2.50. The van der Waals surface area contributed by atoms with Gasteiger partial charge in [0, 0.05) is 10.3 Å². The lowest BCUT2D eigenvalue weighted by Crippen LogP contribution is -1.88. The summed E-state index contributed by atoms with van der Waals surface area (Å²) in [6, 6.07) is 22.0. The van der Waals surface area contributed by atoms with Gasteiger partial charge in [0.2, 0.25) is 0 Å². The Bertz CT molecular complexity index is 957. The Morgan fingerprint density at radius 3 is 2.28 bits per heavy atom. The van der Waals surface area contributed by atoms with E-state index in [9.17, 15) is 0 Å². The third-order valence-corrected chi connectivity index (χ3v) is 5.48. The summed E-state index contributed by atoms with van der Waals surface area (Å²) < 4.78 is 12.3. The second-order valence-corrected chi connectivity index (χ2v) is 7.31. The maximum absolute atomic E-state index is 6.22. The quantitative estimate of drug-likeness (QED) is 0.368. The number of thiophene rings is 2. The topological polar surface area (TPSA) is 18.5 Å². The molecule has 0 aliphatic rings. The zero-order chi connectivity index (χ0) is 17.1. The molecule has 0 radical (unpaired) electrons. The smallest absolute Gasteiger partial charge is 0.193 e. The zero-order valence-electron chi connectivity index (χ0n) is 13.6. The fourth-order valence-corrected chi connectivity index (χ4v) is 4.19. The molecule has 2 aromatic heterocycles. The second-order valence-electron chi connectivity index (χ2n) is 5.52. The van der Waals surface area contributed by atoms with Crippen LogP contribution in [0.4, 0.5) is 0 Å². The Hall–Kier alpha value is -2.56. The Kier molecular flexibility index (Phi) is 4.55. The van der Waals surface area contributed by atoms with Crippen LogP contribution < -0.4 is 9.47 Å².